The number of sulfonamides is 1. The van der Waals surface area contributed by atoms with E-state index in [1.165, 1.54) is 12.1 Å². The van der Waals surface area contributed by atoms with E-state index < -0.39 is 33.3 Å². The molecule has 0 unspecified atom stereocenters. The van der Waals surface area contributed by atoms with Crippen molar-refractivity contribution < 1.29 is 26.0 Å². The highest BCUT2D eigenvalue weighted by atomic mass is 32.2. The number of hydrogen-bond donors (Lipinski definition) is 1. The summed E-state index contributed by atoms with van der Waals surface area (Å²) in [5, 5.41) is 0. The van der Waals surface area contributed by atoms with E-state index in [0.29, 0.717) is 18.2 Å². The third-order valence-electron chi connectivity index (χ3n) is 3.33. The van der Waals surface area contributed by atoms with Gasteiger partial charge in [0.25, 0.3) is 10.0 Å². The maximum atomic E-state index is 13.3. The summed E-state index contributed by atoms with van der Waals surface area (Å²) in [4.78, 5) is -0.121. The Morgan fingerprint density at radius 2 is 1.58 bits per heavy atom. The topological polar surface area (TPSA) is 46.2 Å². The summed E-state index contributed by atoms with van der Waals surface area (Å²) in [5.74, 6) is -0.982. The number of rotatable bonds is 4. The molecule has 0 atom stereocenters. The van der Waals surface area contributed by atoms with E-state index in [2.05, 4.69) is 0 Å². The Morgan fingerprint density at radius 1 is 1.00 bits per heavy atom. The van der Waals surface area contributed by atoms with Gasteiger partial charge in [0.2, 0.25) is 0 Å². The first-order valence-electron chi connectivity index (χ1n) is 6.99. The zero-order chi connectivity index (χ0) is 18.1. The minimum atomic E-state index is -4.78. The Bertz CT molecular complexity index is 828. The third kappa shape index (κ3) is 4.25. The molecule has 0 radical (unpaired) electrons. The van der Waals surface area contributed by atoms with Crippen LogP contribution in [0.15, 0.2) is 47.4 Å². The van der Waals surface area contributed by atoms with Crippen molar-refractivity contribution in [2.75, 3.05) is 4.72 Å². The molecule has 24 heavy (non-hydrogen) atoms. The molecule has 0 aliphatic heterocycles. The van der Waals surface area contributed by atoms with Crippen LogP contribution in [-0.2, 0) is 16.2 Å². The Morgan fingerprint density at radius 3 is 2.08 bits per heavy atom. The van der Waals surface area contributed by atoms with Crippen LogP contribution in [0.3, 0.4) is 0 Å². The van der Waals surface area contributed by atoms with Crippen LogP contribution in [0.4, 0.5) is 23.2 Å². The van der Waals surface area contributed by atoms with Crippen LogP contribution in [-0.4, -0.2) is 8.42 Å². The van der Waals surface area contributed by atoms with Crippen molar-refractivity contribution in [3.05, 3.63) is 59.4 Å². The SMILES string of the molecule is CC(C)c1ccc(S(=O)(=O)Nc2cc(F)cc(C(F)(F)F)c2)cc1. The van der Waals surface area contributed by atoms with Crippen LogP contribution >= 0.6 is 0 Å². The zero-order valence-corrected chi connectivity index (χ0v) is 13.7. The predicted octanol–water partition coefficient (Wildman–Crippen LogP) is 4.77. The van der Waals surface area contributed by atoms with E-state index >= 15 is 0 Å². The molecule has 2 aromatic carbocycles. The van der Waals surface area contributed by atoms with E-state index in [0.717, 1.165) is 5.56 Å². The molecule has 0 saturated carbocycles. The van der Waals surface area contributed by atoms with Gasteiger partial charge in [-0.3, -0.25) is 4.72 Å². The molecule has 0 aromatic heterocycles. The average Bonchev–Trinajstić information content (AvgIpc) is 2.45. The monoisotopic (exact) mass is 361 g/mol. The van der Waals surface area contributed by atoms with E-state index in [1.54, 1.807) is 12.1 Å². The van der Waals surface area contributed by atoms with Gasteiger partial charge in [0.05, 0.1) is 16.1 Å². The van der Waals surface area contributed by atoms with Crippen LogP contribution < -0.4 is 4.72 Å². The predicted molar refractivity (Wildman–Crippen MR) is 82.7 cm³/mol. The third-order valence-corrected chi connectivity index (χ3v) is 4.73. The molecule has 2 rings (SSSR count). The summed E-state index contributed by atoms with van der Waals surface area (Å²) in [6, 6.07) is 7.47. The lowest BCUT2D eigenvalue weighted by Crippen LogP contribution is -2.14. The van der Waals surface area contributed by atoms with Gasteiger partial charge in [-0.05, 0) is 41.8 Å². The lowest BCUT2D eigenvalue weighted by atomic mass is 10.0. The number of nitrogens with one attached hydrogen (secondary N) is 1. The molecule has 2 aromatic rings. The molecular weight excluding hydrogens is 346 g/mol. The van der Waals surface area contributed by atoms with E-state index in [1.807, 2.05) is 18.6 Å². The molecule has 8 heteroatoms. The van der Waals surface area contributed by atoms with Crippen LogP contribution in [0.2, 0.25) is 0 Å². The van der Waals surface area contributed by atoms with E-state index in [9.17, 15) is 26.0 Å². The summed E-state index contributed by atoms with van der Waals surface area (Å²) in [6.45, 7) is 3.88. The second-order valence-corrected chi connectivity index (χ2v) is 7.24. The van der Waals surface area contributed by atoms with Crippen molar-refractivity contribution in [3.8, 4) is 0 Å². The first-order valence-corrected chi connectivity index (χ1v) is 8.48. The lowest BCUT2D eigenvalue weighted by molar-refractivity contribution is -0.137. The van der Waals surface area contributed by atoms with Crippen LogP contribution in [0.1, 0.15) is 30.9 Å². The first kappa shape index (κ1) is 18.3. The molecule has 0 amide bonds. The van der Waals surface area contributed by atoms with Crippen LogP contribution in [0, 0.1) is 5.82 Å². The van der Waals surface area contributed by atoms with Gasteiger partial charge in [0, 0.05) is 0 Å². The van der Waals surface area contributed by atoms with Crippen LogP contribution in [0.25, 0.3) is 0 Å². The Labute approximate surface area is 137 Å². The molecule has 0 heterocycles. The molecule has 0 fully saturated rings. The van der Waals surface area contributed by atoms with E-state index in [-0.39, 0.29) is 10.8 Å². The van der Waals surface area contributed by atoms with Gasteiger partial charge >= 0.3 is 6.18 Å². The molecular formula is C16H15F4NO2S. The maximum absolute atomic E-state index is 13.3. The minimum Gasteiger partial charge on any atom is -0.280 e. The lowest BCUT2D eigenvalue weighted by Gasteiger charge is -2.12. The normalized spacial score (nSPS) is 12.5. The largest absolute Gasteiger partial charge is 0.416 e. The minimum absolute atomic E-state index is 0.121. The summed E-state index contributed by atoms with van der Waals surface area (Å²) >= 11 is 0. The second-order valence-electron chi connectivity index (χ2n) is 5.56. The highest BCUT2D eigenvalue weighted by Crippen LogP contribution is 2.32. The Hall–Kier alpha value is -2.09. The van der Waals surface area contributed by atoms with Gasteiger partial charge in [-0.1, -0.05) is 26.0 Å². The van der Waals surface area contributed by atoms with Crippen molar-refractivity contribution in [1.29, 1.82) is 0 Å². The van der Waals surface area contributed by atoms with Crippen LogP contribution in [0.5, 0.6) is 0 Å². The van der Waals surface area contributed by atoms with Gasteiger partial charge in [-0.25, -0.2) is 12.8 Å². The number of anilines is 1. The van der Waals surface area contributed by atoms with Gasteiger partial charge in [0.15, 0.2) is 0 Å². The molecule has 0 spiro atoms. The molecule has 0 bridgehead atoms. The number of halogens is 4. The second kappa shape index (κ2) is 6.43. The molecule has 130 valence electrons. The van der Waals surface area contributed by atoms with Crippen molar-refractivity contribution in [3.63, 3.8) is 0 Å². The quantitative estimate of drug-likeness (QED) is 0.798. The Kier molecular flexibility index (Phi) is 4.89. The molecule has 0 aliphatic rings. The standard InChI is InChI=1S/C16H15F4NO2S/c1-10(2)11-3-5-15(6-4-11)24(22,23)21-14-8-12(16(18,19)20)7-13(17)9-14/h3-10,21H,1-2H3. The van der Waals surface area contributed by atoms with Gasteiger partial charge in [-0.15, -0.1) is 0 Å². The number of alkyl halides is 3. The molecule has 1 N–H and O–H groups in total. The molecule has 0 aliphatic carbocycles. The van der Waals surface area contributed by atoms with Gasteiger partial charge in [-0.2, -0.15) is 13.2 Å². The summed E-state index contributed by atoms with van der Waals surface area (Å²) in [5.41, 5.74) is -0.843. The number of benzene rings is 2. The van der Waals surface area contributed by atoms with E-state index in [4.69, 9.17) is 0 Å². The Balaban J connectivity index is 2.34. The molecule has 3 nitrogen and oxygen atoms in total. The van der Waals surface area contributed by atoms with Gasteiger partial charge < -0.3 is 0 Å². The fourth-order valence-corrected chi connectivity index (χ4v) is 3.10. The highest BCUT2D eigenvalue weighted by Gasteiger charge is 2.31. The fourth-order valence-electron chi connectivity index (χ4n) is 2.06. The average molecular weight is 361 g/mol. The van der Waals surface area contributed by atoms with Crippen molar-refractivity contribution in [2.24, 2.45) is 0 Å². The van der Waals surface area contributed by atoms with Crippen molar-refractivity contribution >= 4 is 15.7 Å². The van der Waals surface area contributed by atoms with Crippen molar-refractivity contribution in [2.45, 2.75) is 30.8 Å². The smallest absolute Gasteiger partial charge is 0.280 e. The fraction of sp³-hybridized carbons (Fsp3) is 0.250. The summed E-state index contributed by atoms with van der Waals surface area (Å²) < 4.78 is 77.8. The zero-order valence-electron chi connectivity index (χ0n) is 12.9. The summed E-state index contributed by atoms with van der Waals surface area (Å²) in [6.07, 6.45) is -4.78. The molecule has 0 saturated heterocycles. The number of hydrogen-bond acceptors (Lipinski definition) is 2. The first-order chi connectivity index (χ1) is 11.0. The van der Waals surface area contributed by atoms with Gasteiger partial charge in [0.1, 0.15) is 5.82 Å². The highest BCUT2D eigenvalue weighted by molar-refractivity contribution is 7.92. The summed E-state index contributed by atoms with van der Waals surface area (Å²) in [7, 11) is -4.12. The van der Waals surface area contributed by atoms with Crippen molar-refractivity contribution in [1.82, 2.24) is 0 Å². The maximum Gasteiger partial charge on any atom is 0.416 e.